The van der Waals surface area contributed by atoms with Gasteiger partial charge in [-0.3, -0.25) is 0 Å². The topological polar surface area (TPSA) is 35.2 Å². The minimum atomic E-state index is 0.314. The van der Waals surface area contributed by atoms with Crippen molar-refractivity contribution in [1.82, 2.24) is 0 Å². The second-order valence-corrected chi connectivity index (χ2v) is 4.67. The van der Waals surface area contributed by atoms with Gasteiger partial charge in [0.15, 0.2) is 0 Å². The van der Waals surface area contributed by atoms with Gasteiger partial charge in [-0.05, 0) is 24.7 Å². The molecule has 13 heavy (non-hydrogen) atoms. The van der Waals surface area contributed by atoms with Crippen molar-refractivity contribution in [2.75, 3.05) is 13.2 Å². The molecular weight excluding hydrogens is 162 g/mol. The molecule has 0 aromatic rings. The molecule has 1 saturated heterocycles. The van der Waals surface area contributed by atoms with E-state index in [1.807, 2.05) is 0 Å². The summed E-state index contributed by atoms with van der Waals surface area (Å²) in [6.45, 7) is 1.72. The summed E-state index contributed by atoms with van der Waals surface area (Å²) in [5.41, 5.74) is 6.03. The normalized spacial score (nSPS) is 36.7. The molecule has 1 aliphatic heterocycles. The van der Waals surface area contributed by atoms with E-state index in [1.165, 1.54) is 38.5 Å². The van der Waals surface area contributed by atoms with Crippen LogP contribution in [0, 0.1) is 11.8 Å². The summed E-state index contributed by atoms with van der Waals surface area (Å²) >= 11 is 0. The first kappa shape index (κ1) is 9.47. The van der Waals surface area contributed by atoms with Gasteiger partial charge < -0.3 is 10.5 Å². The van der Waals surface area contributed by atoms with Crippen LogP contribution in [0.15, 0.2) is 0 Å². The molecule has 1 aliphatic carbocycles. The molecule has 0 amide bonds. The lowest BCUT2D eigenvalue weighted by molar-refractivity contribution is 0.0414. The van der Waals surface area contributed by atoms with Gasteiger partial charge in [0.1, 0.15) is 0 Å². The van der Waals surface area contributed by atoms with Crippen molar-refractivity contribution in [3.05, 3.63) is 0 Å². The first-order chi connectivity index (χ1) is 6.36. The standard InChI is InChI=1S/C11H21NO/c12-11-8-13-6-5-10(11)7-9-3-1-2-4-9/h9-11H,1-8,12H2/t10-,11+/m1/s1. The van der Waals surface area contributed by atoms with Crippen LogP contribution in [-0.2, 0) is 4.74 Å². The highest BCUT2D eigenvalue weighted by atomic mass is 16.5. The van der Waals surface area contributed by atoms with Gasteiger partial charge in [-0.15, -0.1) is 0 Å². The van der Waals surface area contributed by atoms with Gasteiger partial charge in [-0.1, -0.05) is 25.7 Å². The molecule has 2 fully saturated rings. The Balaban J connectivity index is 1.78. The van der Waals surface area contributed by atoms with Crippen molar-refractivity contribution in [3.8, 4) is 0 Å². The summed E-state index contributed by atoms with van der Waals surface area (Å²) in [5, 5.41) is 0. The van der Waals surface area contributed by atoms with Gasteiger partial charge >= 0.3 is 0 Å². The van der Waals surface area contributed by atoms with Crippen LogP contribution in [0.5, 0.6) is 0 Å². The summed E-state index contributed by atoms with van der Waals surface area (Å²) in [7, 11) is 0. The zero-order valence-corrected chi connectivity index (χ0v) is 8.37. The lowest BCUT2D eigenvalue weighted by atomic mass is 9.85. The Labute approximate surface area is 80.8 Å². The van der Waals surface area contributed by atoms with Gasteiger partial charge in [-0.2, -0.15) is 0 Å². The molecular formula is C11H21NO. The Morgan fingerprint density at radius 1 is 1.15 bits per heavy atom. The second-order valence-electron chi connectivity index (χ2n) is 4.67. The van der Waals surface area contributed by atoms with Crippen LogP contribution in [0.3, 0.4) is 0 Å². The smallest absolute Gasteiger partial charge is 0.0620 e. The number of hydrogen-bond donors (Lipinski definition) is 1. The summed E-state index contributed by atoms with van der Waals surface area (Å²) in [6, 6.07) is 0.314. The molecule has 0 spiro atoms. The highest BCUT2D eigenvalue weighted by molar-refractivity contribution is 4.80. The van der Waals surface area contributed by atoms with Crippen molar-refractivity contribution in [2.45, 2.75) is 44.6 Å². The molecule has 2 heteroatoms. The maximum Gasteiger partial charge on any atom is 0.0620 e. The van der Waals surface area contributed by atoms with E-state index in [2.05, 4.69) is 0 Å². The Morgan fingerprint density at radius 3 is 2.62 bits per heavy atom. The van der Waals surface area contributed by atoms with E-state index in [0.29, 0.717) is 6.04 Å². The quantitative estimate of drug-likeness (QED) is 0.710. The number of ether oxygens (including phenoxy) is 1. The van der Waals surface area contributed by atoms with Crippen LogP contribution >= 0.6 is 0 Å². The number of rotatable bonds is 2. The van der Waals surface area contributed by atoms with Crippen LogP contribution in [0.4, 0.5) is 0 Å². The van der Waals surface area contributed by atoms with E-state index < -0.39 is 0 Å². The fourth-order valence-electron chi connectivity index (χ4n) is 2.77. The number of hydrogen-bond acceptors (Lipinski definition) is 2. The molecule has 0 aromatic heterocycles. The van der Waals surface area contributed by atoms with E-state index in [1.54, 1.807) is 0 Å². The molecule has 0 aromatic carbocycles. The van der Waals surface area contributed by atoms with Crippen molar-refractivity contribution in [1.29, 1.82) is 0 Å². The Bertz CT molecular complexity index is 154. The average Bonchev–Trinajstić information content (AvgIpc) is 2.61. The molecule has 2 nitrogen and oxygen atoms in total. The van der Waals surface area contributed by atoms with Crippen LogP contribution < -0.4 is 5.73 Å². The Morgan fingerprint density at radius 2 is 1.92 bits per heavy atom. The molecule has 2 atom stereocenters. The van der Waals surface area contributed by atoms with Crippen molar-refractivity contribution >= 4 is 0 Å². The molecule has 76 valence electrons. The maximum atomic E-state index is 6.03. The Kier molecular flexibility index (Phi) is 3.23. The van der Waals surface area contributed by atoms with Crippen LogP contribution in [0.25, 0.3) is 0 Å². The largest absolute Gasteiger partial charge is 0.380 e. The molecule has 1 heterocycles. The SMILES string of the molecule is N[C@H]1COCC[C@@H]1CC1CCCC1. The van der Waals surface area contributed by atoms with Crippen molar-refractivity contribution < 1.29 is 4.74 Å². The molecule has 2 N–H and O–H groups in total. The highest BCUT2D eigenvalue weighted by Crippen LogP contribution is 2.33. The summed E-state index contributed by atoms with van der Waals surface area (Å²) in [5.74, 6) is 1.73. The van der Waals surface area contributed by atoms with Crippen LogP contribution in [-0.4, -0.2) is 19.3 Å². The Hall–Kier alpha value is -0.0800. The van der Waals surface area contributed by atoms with Gasteiger partial charge in [0, 0.05) is 12.6 Å². The van der Waals surface area contributed by atoms with Gasteiger partial charge in [0.05, 0.1) is 6.61 Å². The van der Waals surface area contributed by atoms with Crippen molar-refractivity contribution in [2.24, 2.45) is 17.6 Å². The lowest BCUT2D eigenvalue weighted by Gasteiger charge is -2.30. The third-order valence-corrected chi connectivity index (χ3v) is 3.66. The van der Waals surface area contributed by atoms with Crippen LogP contribution in [0.2, 0.25) is 0 Å². The van der Waals surface area contributed by atoms with E-state index in [0.717, 1.165) is 25.0 Å². The average molecular weight is 183 g/mol. The van der Waals surface area contributed by atoms with E-state index in [9.17, 15) is 0 Å². The van der Waals surface area contributed by atoms with E-state index >= 15 is 0 Å². The zero-order valence-electron chi connectivity index (χ0n) is 8.37. The predicted molar refractivity (Wildman–Crippen MR) is 53.5 cm³/mol. The van der Waals surface area contributed by atoms with E-state index in [4.69, 9.17) is 10.5 Å². The van der Waals surface area contributed by atoms with Gasteiger partial charge in [0.2, 0.25) is 0 Å². The monoisotopic (exact) mass is 183 g/mol. The predicted octanol–water partition coefficient (Wildman–Crippen LogP) is 1.93. The first-order valence-electron chi connectivity index (χ1n) is 5.69. The molecule has 0 unspecified atom stereocenters. The third-order valence-electron chi connectivity index (χ3n) is 3.66. The summed E-state index contributed by atoms with van der Waals surface area (Å²) in [4.78, 5) is 0. The summed E-state index contributed by atoms with van der Waals surface area (Å²) in [6.07, 6.45) is 8.35. The van der Waals surface area contributed by atoms with Crippen LogP contribution in [0.1, 0.15) is 38.5 Å². The maximum absolute atomic E-state index is 6.03. The minimum absolute atomic E-state index is 0.314. The fraction of sp³-hybridized carbons (Fsp3) is 1.00. The molecule has 0 bridgehead atoms. The molecule has 2 rings (SSSR count). The van der Waals surface area contributed by atoms with Crippen molar-refractivity contribution in [3.63, 3.8) is 0 Å². The second kappa shape index (κ2) is 4.43. The lowest BCUT2D eigenvalue weighted by Crippen LogP contribution is -2.40. The molecule has 1 saturated carbocycles. The zero-order chi connectivity index (χ0) is 9.10. The minimum Gasteiger partial charge on any atom is -0.380 e. The first-order valence-corrected chi connectivity index (χ1v) is 5.69. The van der Waals surface area contributed by atoms with Gasteiger partial charge in [0.25, 0.3) is 0 Å². The van der Waals surface area contributed by atoms with E-state index in [-0.39, 0.29) is 0 Å². The molecule has 0 radical (unpaired) electrons. The fourth-order valence-corrected chi connectivity index (χ4v) is 2.77. The van der Waals surface area contributed by atoms with Gasteiger partial charge in [-0.25, -0.2) is 0 Å². The number of nitrogens with two attached hydrogens (primary N) is 1. The summed E-state index contributed by atoms with van der Waals surface area (Å²) < 4.78 is 5.35. The molecule has 2 aliphatic rings. The highest BCUT2D eigenvalue weighted by Gasteiger charge is 2.26. The third kappa shape index (κ3) is 2.44.